The number of rotatable bonds is 9. The fourth-order valence-corrected chi connectivity index (χ4v) is 5.37. The number of benzene rings is 2. The van der Waals surface area contributed by atoms with Gasteiger partial charge >= 0.3 is 5.97 Å². The van der Waals surface area contributed by atoms with Crippen LogP contribution in [0.4, 0.5) is 5.00 Å². The quantitative estimate of drug-likeness (QED) is 0.234. The molecule has 0 aliphatic heterocycles. The minimum Gasteiger partial charge on any atom is -0.462 e. The molecule has 180 valence electrons. The van der Waals surface area contributed by atoms with Crippen LogP contribution in [0.3, 0.4) is 0 Å². The highest BCUT2D eigenvalue weighted by Crippen LogP contribution is 2.40. The second-order valence-corrected chi connectivity index (χ2v) is 9.99. The van der Waals surface area contributed by atoms with Crippen molar-refractivity contribution in [2.75, 3.05) is 11.9 Å². The first-order valence-electron chi connectivity index (χ1n) is 11.9. The van der Waals surface area contributed by atoms with E-state index >= 15 is 0 Å². The Morgan fingerprint density at radius 3 is 2.24 bits per heavy atom. The number of anilines is 1. The molecule has 0 aliphatic rings. The van der Waals surface area contributed by atoms with Gasteiger partial charge in [-0.15, -0.1) is 11.3 Å². The molecule has 1 heterocycles. The maximum atomic E-state index is 12.9. The highest BCUT2D eigenvalue weighted by Gasteiger charge is 2.25. The molecule has 6 heteroatoms. The molecule has 2 atom stereocenters. The van der Waals surface area contributed by atoms with Gasteiger partial charge in [0.2, 0.25) is 0 Å². The van der Waals surface area contributed by atoms with E-state index in [0.717, 1.165) is 28.8 Å². The van der Waals surface area contributed by atoms with E-state index in [-0.39, 0.29) is 12.0 Å². The summed E-state index contributed by atoms with van der Waals surface area (Å²) >= 11 is 7.19. The van der Waals surface area contributed by atoms with Gasteiger partial charge < -0.3 is 15.4 Å². The average molecular weight is 495 g/mol. The Hall–Kier alpha value is -2.70. The molecule has 0 fully saturated rings. The van der Waals surface area contributed by atoms with E-state index in [2.05, 4.69) is 55.7 Å². The Labute approximate surface area is 212 Å². The number of ether oxygens (including phenoxy) is 1. The number of nitrogens with one attached hydrogen (secondary N) is 2. The lowest BCUT2D eigenvalue weighted by Crippen LogP contribution is -2.32. The predicted molar refractivity (Wildman–Crippen MR) is 148 cm³/mol. The van der Waals surface area contributed by atoms with E-state index in [1.54, 1.807) is 0 Å². The summed E-state index contributed by atoms with van der Waals surface area (Å²) in [5.74, 6) is 0.204. The molecule has 2 unspecified atom stereocenters. The van der Waals surface area contributed by atoms with Crippen LogP contribution in [0.1, 0.15) is 78.9 Å². The van der Waals surface area contributed by atoms with Gasteiger partial charge in [-0.1, -0.05) is 75.4 Å². The van der Waals surface area contributed by atoms with Gasteiger partial charge in [0.05, 0.1) is 12.6 Å². The normalized spacial score (nSPS) is 12.6. The van der Waals surface area contributed by atoms with Crippen molar-refractivity contribution in [3.05, 3.63) is 76.2 Å². The fraction of sp³-hybridized carbons (Fsp3) is 0.357. The molecule has 0 radical (unpaired) electrons. The van der Waals surface area contributed by atoms with Crippen molar-refractivity contribution < 1.29 is 9.53 Å². The van der Waals surface area contributed by atoms with Crippen LogP contribution in [0, 0.1) is 6.92 Å². The van der Waals surface area contributed by atoms with Gasteiger partial charge in [0, 0.05) is 10.4 Å². The van der Waals surface area contributed by atoms with Gasteiger partial charge in [0.1, 0.15) is 10.6 Å². The fourth-order valence-electron chi connectivity index (χ4n) is 3.99. The predicted octanol–water partition coefficient (Wildman–Crippen LogP) is 7.85. The molecule has 3 aromatic rings. The number of carbonyl (C=O) groups is 1. The van der Waals surface area contributed by atoms with Crippen LogP contribution in [0.2, 0.25) is 0 Å². The topological polar surface area (TPSA) is 50.4 Å². The molecule has 2 N–H and O–H groups in total. The van der Waals surface area contributed by atoms with Crippen molar-refractivity contribution in [1.82, 2.24) is 5.32 Å². The monoisotopic (exact) mass is 494 g/mol. The van der Waals surface area contributed by atoms with Gasteiger partial charge in [-0.25, -0.2) is 4.79 Å². The van der Waals surface area contributed by atoms with Crippen LogP contribution in [0.25, 0.3) is 11.1 Å². The molecule has 0 bridgehead atoms. The second kappa shape index (κ2) is 12.1. The molecule has 4 nitrogen and oxygen atoms in total. The van der Waals surface area contributed by atoms with E-state index in [9.17, 15) is 4.79 Å². The molecule has 0 aliphatic carbocycles. The Morgan fingerprint density at radius 1 is 1.00 bits per heavy atom. The molecular formula is C28H34N2O2S2. The highest BCUT2D eigenvalue weighted by atomic mass is 32.1. The summed E-state index contributed by atoms with van der Waals surface area (Å²) in [5.41, 5.74) is 4.95. The van der Waals surface area contributed by atoms with E-state index in [1.165, 1.54) is 22.5 Å². The van der Waals surface area contributed by atoms with Gasteiger partial charge in [-0.2, -0.15) is 0 Å². The maximum Gasteiger partial charge on any atom is 0.341 e. The number of carbonyl (C=O) groups excluding carboxylic acids is 1. The molecule has 2 aromatic carbocycles. The number of thiophene rings is 1. The van der Waals surface area contributed by atoms with Crippen molar-refractivity contribution in [3.63, 3.8) is 0 Å². The van der Waals surface area contributed by atoms with E-state index in [4.69, 9.17) is 17.0 Å². The lowest BCUT2D eigenvalue weighted by atomic mass is 9.95. The zero-order valence-electron chi connectivity index (χ0n) is 20.6. The Bertz CT molecular complexity index is 1110. The van der Waals surface area contributed by atoms with Gasteiger partial charge in [-0.05, 0) is 61.5 Å². The molecule has 0 saturated heterocycles. The SMILES string of the molecule is CCOC(=O)c1c(NC(=S)NC(CC)c2ccc(C(C)CC)cc2)sc(C)c1-c1ccccc1. The molecule has 0 spiro atoms. The number of hydrogen-bond donors (Lipinski definition) is 2. The third-order valence-electron chi connectivity index (χ3n) is 6.09. The Kier molecular flexibility index (Phi) is 9.25. The van der Waals surface area contributed by atoms with Crippen molar-refractivity contribution >= 4 is 39.6 Å². The molecule has 0 amide bonds. The van der Waals surface area contributed by atoms with Crippen molar-refractivity contribution in [3.8, 4) is 11.1 Å². The summed E-state index contributed by atoms with van der Waals surface area (Å²) in [6, 6.07) is 18.8. The van der Waals surface area contributed by atoms with Crippen molar-refractivity contribution in [2.24, 2.45) is 0 Å². The lowest BCUT2D eigenvalue weighted by Gasteiger charge is -2.21. The van der Waals surface area contributed by atoms with Crippen LogP contribution < -0.4 is 10.6 Å². The molecule has 3 rings (SSSR count). The Morgan fingerprint density at radius 2 is 1.65 bits per heavy atom. The third kappa shape index (κ3) is 6.05. The minimum absolute atomic E-state index is 0.0756. The largest absolute Gasteiger partial charge is 0.462 e. The van der Waals surface area contributed by atoms with Gasteiger partial charge in [0.25, 0.3) is 0 Å². The van der Waals surface area contributed by atoms with Gasteiger partial charge in [-0.3, -0.25) is 0 Å². The van der Waals surface area contributed by atoms with Crippen molar-refractivity contribution in [2.45, 2.75) is 59.4 Å². The summed E-state index contributed by atoms with van der Waals surface area (Å²) in [7, 11) is 0. The first-order chi connectivity index (χ1) is 16.4. The van der Waals surface area contributed by atoms with Crippen LogP contribution in [-0.2, 0) is 4.74 Å². The smallest absolute Gasteiger partial charge is 0.341 e. The highest BCUT2D eigenvalue weighted by molar-refractivity contribution is 7.80. The maximum absolute atomic E-state index is 12.9. The summed E-state index contributed by atoms with van der Waals surface area (Å²) in [6.07, 6.45) is 2.00. The zero-order valence-corrected chi connectivity index (χ0v) is 22.2. The molecule has 1 aromatic heterocycles. The van der Waals surface area contributed by atoms with Crippen LogP contribution in [-0.4, -0.2) is 17.7 Å². The molecular weight excluding hydrogens is 460 g/mol. The second-order valence-electron chi connectivity index (χ2n) is 8.36. The number of thiocarbonyl (C=S) groups is 1. The van der Waals surface area contributed by atoms with Crippen LogP contribution in [0.5, 0.6) is 0 Å². The van der Waals surface area contributed by atoms with E-state index in [1.807, 2.05) is 44.2 Å². The third-order valence-corrected chi connectivity index (χ3v) is 7.33. The first-order valence-corrected chi connectivity index (χ1v) is 13.1. The van der Waals surface area contributed by atoms with Crippen LogP contribution >= 0.6 is 23.6 Å². The number of hydrogen-bond acceptors (Lipinski definition) is 4. The van der Waals surface area contributed by atoms with Crippen molar-refractivity contribution in [1.29, 1.82) is 0 Å². The molecule has 34 heavy (non-hydrogen) atoms. The standard InChI is InChI=1S/C28H34N2O2S2/c1-6-18(4)20-14-16-21(17-15-20)23(7-2)29-28(33)30-26-25(27(31)32-8-3)24(19(5)34-26)22-12-10-9-11-13-22/h9-18,23H,6-8H2,1-5H3,(H2,29,30,33). The number of esters is 1. The molecule has 0 saturated carbocycles. The van der Waals surface area contributed by atoms with E-state index in [0.29, 0.717) is 28.2 Å². The van der Waals surface area contributed by atoms with E-state index < -0.39 is 0 Å². The zero-order chi connectivity index (χ0) is 24.7. The number of aryl methyl sites for hydroxylation is 1. The summed E-state index contributed by atoms with van der Waals surface area (Å²) < 4.78 is 5.40. The van der Waals surface area contributed by atoms with Gasteiger partial charge in [0.15, 0.2) is 5.11 Å². The lowest BCUT2D eigenvalue weighted by molar-refractivity contribution is 0.0529. The minimum atomic E-state index is -0.344. The van der Waals surface area contributed by atoms with Crippen LogP contribution in [0.15, 0.2) is 54.6 Å². The summed E-state index contributed by atoms with van der Waals surface area (Å²) in [5, 5.41) is 7.92. The Balaban J connectivity index is 1.84. The first kappa shape index (κ1) is 25.9. The summed E-state index contributed by atoms with van der Waals surface area (Å²) in [4.78, 5) is 14.0. The average Bonchev–Trinajstić information content (AvgIpc) is 3.18. The summed E-state index contributed by atoms with van der Waals surface area (Å²) in [6.45, 7) is 10.7.